The van der Waals surface area contributed by atoms with E-state index in [-0.39, 0.29) is 11.3 Å². The van der Waals surface area contributed by atoms with E-state index in [9.17, 15) is 13.9 Å². The van der Waals surface area contributed by atoms with Crippen LogP contribution in [0.2, 0.25) is 5.02 Å². The van der Waals surface area contributed by atoms with Crippen LogP contribution in [0.15, 0.2) is 36.4 Å². The van der Waals surface area contributed by atoms with Crippen molar-refractivity contribution in [3.63, 3.8) is 0 Å². The molecule has 1 atom stereocenters. The van der Waals surface area contributed by atoms with Crippen molar-refractivity contribution in [1.29, 1.82) is 0 Å². The molecule has 0 fully saturated rings. The highest BCUT2D eigenvalue weighted by atomic mass is 35.5. The minimum atomic E-state index is -0.486. The molecular weight excluding hydrogens is 284 g/mol. The Morgan fingerprint density at radius 1 is 1.20 bits per heavy atom. The highest BCUT2D eigenvalue weighted by molar-refractivity contribution is 6.30. The number of hydrogen-bond donors (Lipinski definition) is 2. The molecule has 0 bridgehead atoms. The number of phenols is 1. The van der Waals surface area contributed by atoms with Gasteiger partial charge in [0.2, 0.25) is 0 Å². The summed E-state index contributed by atoms with van der Waals surface area (Å²) in [6, 6.07) is 7.63. The third-order valence-corrected chi connectivity index (χ3v) is 3.30. The lowest BCUT2D eigenvalue weighted by Crippen LogP contribution is -2.19. The van der Waals surface area contributed by atoms with Gasteiger partial charge in [-0.05, 0) is 43.3 Å². The van der Waals surface area contributed by atoms with E-state index < -0.39 is 17.7 Å². The number of benzene rings is 2. The summed E-state index contributed by atoms with van der Waals surface area (Å²) in [5.74, 6) is -0.851. The maximum absolute atomic E-state index is 13.6. The van der Waals surface area contributed by atoms with Crippen molar-refractivity contribution in [2.75, 3.05) is 0 Å². The molecule has 2 rings (SSSR count). The SMILES string of the molecule is CC(NCc1cc(Cl)ccc1O)c1cc(F)ccc1F. The predicted octanol–water partition coefficient (Wildman–Crippen LogP) is 4.17. The average molecular weight is 298 g/mol. The normalized spacial score (nSPS) is 12.4. The van der Waals surface area contributed by atoms with E-state index in [4.69, 9.17) is 11.6 Å². The molecule has 2 N–H and O–H groups in total. The van der Waals surface area contributed by atoms with Crippen LogP contribution in [0.1, 0.15) is 24.1 Å². The topological polar surface area (TPSA) is 32.3 Å². The van der Waals surface area contributed by atoms with Crippen LogP contribution in [0.25, 0.3) is 0 Å². The molecule has 0 amide bonds. The first-order valence-corrected chi connectivity index (χ1v) is 6.51. The van der Waals surface area contributed by atoms with Crippen LogP contribution < -0.4 is 5.32 Å². The predicted molar refractivity (Wildman–Crippen MR) is 74.7 cm³/mol. The van der Waals surface area contributed by atoms with Crippen LogP contribution in [-0.2, 0) is 6.54 Å². The van der Waals surface area contributed by atoms with Crippen molar-refractivity contribution >= 4 is 11.6 Å². The van der Waals surface area contributed by atoms with Gasteiger partial charge in [-0.3, -0.25) is 0 Å². The van der Waals surface area contributed by atoms with Crippen LogP contribution in [-0.4, -0.2) is 5.11 Å². The molecule has 0 saturated heterocycles. The van der Waals surface area contributed by atoms with Crippen molar-refractivity contribution in [1.82, 2.24) is 5.32 Å². The molecular formula is C15H14ClF2NO. The summed E-state index contributed by atoms with van der Waals surface area (Å²) in [4.78, 5) is 0. The van der Waals surface area contributed by atoms with Crippen LogP contribution >= 0.6 is 11.6 Å². The quantitative estimate of drug-likeness (QED) is 0.887. The van der Waals surface area contributed by atoms with Gasteiger partial charge in [0.25, 0.3) is 0 Å². The summed E-state index contributed by atoms with van der Waals surface area (Å²) in [6.45, 7) is 2.02. The smallest absolute Gasteiger partial charge is 0.128 e. The number of rotatable bonds is 4. The van der Waals surface area contributed by atoms with E-state index in [1.807, 2.05) is 0 Å². The standard InChI is InChI=1S/C15H14ClF2NO/c1-9(13-7-12(17)3-4-14(13)18)19-8-10-6-11(16)2-5-15(10)20/h2-7,9,19-20H,8H2,1H3. The summed E-state index contributed by atoms with van der Waals surface area (Å²) in [7, 11) is 0. The van der Waals surface area contributed by atoms with Gasteiger partial charge in [0.05, 0.1) is 0 Å². The minimum Gasteiger partial charge on any atom is -0.508 e. The van der Waals surface area contributed by atoms with Crippen molar-refractivity contribution < 1.29 is 13.9 Å². The van der Waals surface area contributed by atoms with Gasteiger partial charge in [-0.2, -0.15) is 0 Å². The van der Waals surface area contributed by atoms with E-state index in [1.54, 1.807) is 19.1 Å². The van der Waals surface area contributed by atoms with Crippen molar-refractivity contribution in [2.24, 2.45) is 0 Å². The summed E-state index contributed by atoms with van der Waals surface area (Å²) in [5.41, 5.74) is 0.840. The fraction of sp³-hybridized carbons (Fsp3) is 0.200. The third kappa shape index (κ3) is 3.46. The molecule has 0 aliphatic rings. The van der Waals surface area contributed by atoms with Gasteiger partial charge in [0, 0.05) is 28.7 Å². The Kier molecular flexibility index (Phi) is 4.57. The first-order chi connectivity index (χ1) is 9.47. The summed E-state index contributed by atoms with van der Waals surface area (Å²) < 4.78 is 26.7. The molecule has 1 unspecified atom stereocenters. The monoisotopic (exact) mass is 297 g/mol. The van der Waals surface area contributed by atoms with Gasteiger partial charge >= 0.3 is 0 Å². The van der Waals surface area contributed by atoms with Gasteiger partial charge < -0.3 is 10.4 Å². The number of nitrogens with one attached hydrogen (secondary N) is 1. The Hall–Kier alpha value is -1.65. The summed E-state index contributed by atoms with van der Waals surface area (Å²) in [6.07, 6.45) is 0. The number of aromatic hydroxyl groups is 1. The highest BCUT2D eigenvalue weighted by Crippen LogP contribution is 2.23. The zero-order chi connectivity index (χ0) is 14.7. The lowest BCUT2D eigenvalue weighted by Gasteiger charge is -2.16. The molecule has 5 heteroatoms. The van der Waals surface area contributed by atoms with Gasteiger partial charge in [-0.1, -0.05) is 11.6 Å². The van der Waals surface area contributed by atoms with Crippen LogP contribution in [0.3, 0.4) is 0 Å². The lowest BCUT2D eigenvalue weighted by atomic mass is 10.1. The third-order valence-electron chi connectivity index (χ3n) is 3.06. The van der Waals surface area contributed by atoms with Crippen LogP contribution in [0.4, 0.5) is 8.78 Å². The van der Waals surface area contributed by atoms with Gasteiger partial charge in [-0.15, -0.1) is 0 Å². The Balaban J connectivity index is 2.10. The zero-order valence-electron chi connectivity index (χ0n) is 10.8. The molecule has 0 aliphatic heterocycles. The van der Waals surface area contributed by atoms with Crippen LogP contribution in [0, 0.1) is 11.6 Å². The van der Waals surface area contributed by atoms with Crippen molar-refractivity contribution in [3.05, 3.63) is 64.2 Å². The molecule has 106 valence electrons. The second-order valence-electron chi connectivity index (χ2n) is 4.54. The number of hydrogen-bond acceptors (Lipinski definition) is 2. The molecule has 0 saturated carbocycles. The molecule has 20 heavy (non-hydrogen) atoms. The van der Waals surface area contributed by atoms with Gasteiger partial charge in [0.15, 0.2) is 0 Å². The zero-order valence-corrected chi connectivity index (χ0v) is 11.6. The first-order valence-electron chi connectivity index (χ1n) is 6.13. The largest absolute Gasteiger partial charge is 0.508 e. The Bertz CT molecular complexity index is 619. The molecule has 0 spiro atoms. The van der Waals surface area contributed by atoms with Crippen LogP contribution in [0.5, 0.6) is 5.75 Å². The molecule has 0 aromatic heterocycles. The fourth-order valence-electron chi connectivity index (χ4n) is 1.92. The van der Waals surface area contributed by atoms with E-state index in [2.05, 4.69) is 5.32 Å². The number of phenolic OH excluding ortho intramolecular Hbond substituents is 1. The Labute approximate surface area is 121 Å². The maximum Gasteiger partial charge on any atom is 0.128 e. The highest BCUT2D eigenvalue weighted by Gasteiger charge is 2.12. The first kappa shape index (κ1) is 14.8. The second-order valence-corrected chi connectivity index (χ2v) is 4.98. The molecule has 0 aliphatic carbocycles. The van der Waals surface area contributed by atoms with Crippen molar-refractivity contribution in [3.8, 4) is 5.75 Å². The summed E-state index contributed by atoms with van der Waals surface area (Å²) in [5, 5.41) is 13.2. The summed E-state index contributed by atoms with van der Waals surface area (Å²) >= 11 is 5.85. The average Bonchev–Trinajstić information content (AvgIpc) is 2.42. The van der Waals surface area contributed by atoms with E-state index in [0.29, 0.717) is 17.1 Å². The Morgan fingerprint density at radius 3 is 2.70 bits per heavy atom. The van der Waals surface area contributed by atoms with Gasteiger partial charge in [0.1, 0.15) is 17.4 Å². The van der Waals surface area contributed by atoms with E-state index >= 15 is 0 Å². The number of halogens is 3. The second kappa shape index (κ2) is 6.20. The maximum atomic E-state index is 13.6. The Morgan fingerprint density at radius 2 is 1.95 bits per heavy atom. The van der Waals surface area contributed by atoms with E-state index in [0.717, 1.165) is 18.2 Å². The molecule has 2 aromatic carbocycles. The lowest BCUT2D eigenvalue weighted by molar-refractivity contribution is 0.458. The molecule has 2 aromatic rings. The molecule has 0 heterocycles. The van der Waals surface area contributed by atoms with Crippen molar-refractivity contribution in [2.45, 2.75) is 19.5 Å². The molecule has 2 nitrogen and oxygen atoms in total. The fourth-order valence-corrected chi connectivity index (χ4v) is 2.11. The van der Waals surface area contributed by atoms with E-state index in [1.165, 1.54) is 6.07 Å². The molecule has 0 radical (unpaired) electrons. The minimum absolute atomic E-state index is 0.105. The van der Waals surface area contributed by atoms with Gasteiger partial charge in [-0.25, -0.2) is 8.78 Å².